The van der Waals surface area contributed by atoms with E-state index < -0.39 is 0 Å². The smallest absolute Gasteiger partial charge is 0.0638 e. The third kappa shape index (κ3) is 6.02. The second-order valence-electron chi connectivity index (χ2n) is 4.37. The molecule has 0 saturated carbocycles. The fraction of sp³-hybridized carbons (Fsp3) is 1.00. The Balaban J connectivity index is 3.97. The SMILES string of the molecule is COC(C)(C)CC(CO)NC(C)C. The highest BCUT2D eigenvalue weighted by Crippen LogP contribution is 2.15. The van der Waals surface area contributed by atoms with Crippen molar-refractivity contribution in [3.05, 3.63) is 0 Å². The first-order chi connectivity index (χ1) is 5.91. The predicted octanol–water partition coefficient (Wildman–Crippen LogP) is 1.16. The van der Waals surface area contributed by atoms with Gasteiger partial charge >= 0.3 is 0 Å². The molecule has 80 valence electrons. The van der Waals surface area contributed by atoms with Gasteiger partial charge in [0.25, 0.3) is 0 Å². The lowest BCUT2D eigenvalue weighted by Gasteiger charge is -2.29. The number of hydrogen-bond acceptors (Lipinski definition) is 3. The lowest BCUT2D eigenvalue weighted by atomic mass is 9.99. The third-order valence-electron chi connectivity index (χ3n) is 2.08. The van der Waals surface area contributed by atoms with Crippen LogP contribution in [-0.4, -0.2) is 36.5 Å². The minimum atomic E-state index is -0.171. The molecule has 0 spiro atoms. The van der Waals surface area contributed by atoms with Crippen LogP contribution in [0.15, 0.2) is 0 Å². The molecule has 0 heterocycles. The van der Waals surface area contributed by atoms with Gasteiger partial charge in [-0.1, -0.05) is 13.8 Å². The van der Waals surface area contributed by atoms with E-state index in [1.54, 1.807) is 7.11 Å². The zero-order valence-electron chi connectivity index (χ0n) is 9.42. The zero-order valence-corrected chi connectivity index (χ0v) is 9.42. The number of ether oxygens (including phenoxy) is 1. The van der Waals surface area contributed by atoms with Crippen LogP contribution < -0.4 is 5.32 Å². The lowest BCUT2D eigenvalue weighted by Crippen LogP contribution is -2.42. The van der Waals surface area contributed by atoms with E-state index in [0.29, 0.717) is 6.04 Å². The molecular formula is C10H23NO2. The summed E-state index contributed by atoms with van der Waals surface area (Å²) in [7, 11) is 1.70. The van der Waals surface area contributed by atoms with E-state index in [2.05, 4.69) is 19.2 Å². The van der Waals surface area contributed by atoms with Gasteiger partial charge in [-0.25, -0.2) is 0 Å². The van der Waals surface area contributed by atoms with Gasteiger partial charge in [0.05, 0.1) is 12.2 Å². The predicted molar refractivity (Wildman–Crippen MR) is 54.9 cm³/mol. The van der Waals surface area contributed by atoms with E-state index in [1.807, 2.05) is 13.8 Å². The monoisotopic (exact) mass is 189 g/mol. The van der Waals surface area contributed by atoms with Crippen molar-refractivity contribution in [3.8, 4) is 0 Å². The molecule has 0 aromatic rings. The van der Waals surface area contributed by atoms with Crippen molar-refractivity contribution in [3.63, 3.8) is 0 Å². The lowest BCUT2D eigenvalue weighted by molar-refractivity contribution is 0.000849. The summed E-state index contributed by atoms with van der Waals surface area (Å²) < 4.78 is 5.30. The van der Waals surface area contributed by atoms with Crippen molar-refractivity contribution in [2.75, 3.05) is 13.7 Å². The second-order valence-corrected chi connectivity index (χ2v) is 4.37. The Morgan fingerprint density at radius 3 is 2.23 bits per heavy atom. The first kappa shape index (κ1) is 12.9. The molecule has 0 amide bonds. The summed E-state index contributed by atoms with van der Waals surface area (Å²) in [5, 5.41) is 12.4. The highest BCUT2D eigenvalue weighted by molar-refractivity contribution is 4.78. The summed E-state index contributed by atoms with van der Waals surface area (Å²) in [5.74, 6) is 0. The van der Waals surface area contributed by atoms with E-state index >= 15 is 0 Å². The topological polar surface area (TPSA) is 41.5 Å². The van der Waals surface area contributed by atoms with Crippen LogP contribution in [0.25, 0.3) is 0 Å². The van der Waals surface area contributed by atoms with Crippen LogP contribution in [0.3, 0.4) is 0 Å². The van der Waals surface area contributed by atoms with E-state index in [-0.39, 0.29) is 18.2 Å². The fourth-order valence-corrected chi connectivity index (χ4v) is 1.32. The maximum absolute atomic E-state index is 9.12. The molecule has 0 aliphatic heterocycles. The summed E-state index contributed by atoms with van der Waals surface area (Å²) in [6.07, 6.45) is 0.818. The quantitative estimate of drug-likeness (QED) is 0.659. The Kier molecular flexibility index (Phi) is 5.53. The maximum atomic E-state index is 9.12. The molecule has 0 aliphatic carbocycles. The molecule has 1 unspecified atom stereocenters. The van der Waals surface area contributed by atoms with Gasteiger partial charge in [-0.2, -0.15) is 0 Å². The summed E-state index contributed by atoms with van der Waals surface area (Å²) in [6.45, 7) is 8.35. The number of hydrogen-bond donors (Lipinski definition) is 2. The molecule has 0 aliphatic rings. The molecule has 0 aromatic carbocycles. The minimum Gasteiger partial charge on any atom is -0.395 e. The molecule has 0 rings (SSSR count). The first-order valence-corrected chi connectivity index (χ1v) is 4.83. The van der Waals surface area contributed by atoms with Crippen molar-refractivity contribution in [2.45, 2.75) is 51.8 Å². The summed E-state index contributed by atoms with van der Waals surface area (Å²) in [6, 6.07) is 0.514. The number of methoxy groups -OCH3 is 1. The van der Waals surface area contributed by atoms with E-state index in [4.69, 9.17) is 9.84 Å². The minimum absolute atomic E-state index is 0.120. The van der Waals surface area contributed by atoms with Crippen LogP contribution in [-0.2, 0) is 4.74 Å². The number of aliphatic hydroxyl groups excluding tert-OH is 1. The number of aliphatic hydroxyl groups is 1. The van der Waals surface area contributed by atoms with Gasteiger partial charge in [0.2, 0.25) is 0 Å². The van der Waals surface area contributed by atoms with Crippen LogP contribution in [0.4, 0.5) is 0 Å². The third-order valence-corrected chi connectivity index (χ3v) is 2.08. The Morgan fingerprint density at radius 1 is 1.38 bits per heavy atom. The highest BCUT2D eigenvalue weighted by Gasteiger charge is 2.22. The van der Waals surface area contributed by atoms with Gasteiger partial charge in [0.1, 0.15) is 0 Å². The average Bonchev–Trinajstić information content (AvgIpc) is 2.02. The van der Waals surface area contributed by atoms with Crippen molar-refractivity contribution in [1.29, 1.82) is 0 Å². The van der Waals surface area contributed by atoms with E-state index in [9.17, 15) is 0 Å². The molecular weight excluding hydrogens is 166 g/mol. The van der Waals surface area contributed by atoms with Gasteiger partial charge in [-0.3, -0.25) is 0 Å². The largest absolute Gasteiger partial charge is 0.395 e. The molecule has 0 fully saturated rings. The molecule has 1 atom stereocenters. The standard InChI is InChI=1S/C10H23NO2/c1-8(2)11-9(7-12)6-10(3,4)13-5/h8-9,11-12H,6-7H2,1-5H3. The van der Waals surface area contributed by atoms with Crippen LogP contribution in [0, 0.1) is 0 Å². The van der Waals surface area contributed by atoms with Gasteiger partial charge in [-0.15, -0.1) is 0 Å². The van der Waals surface area contributed by atoms with Crippen molar-refractivity contribution >= 4 is 0 Å². The fourth-order valence-electron chi connectivity index (χ4n) is 1.32. The van der Waals surface area contributed by atoms with Crippen LogP contribution >= 0.6 is 0 Å². The summed E-state index contributed by atoms with van der Waals surface area (Å²) in [4.78, 5) is 0. The molecule has 3 nitrogen and oxygen atoms in total. The van der Waals surface area contributed by atoms with Crippen molar-refractivity contribution in [2.24, 2.45) is 0 Å². The molecule has 0 bridgehead atoms. The number of rotatable bonds is 6. The highest BCUT2D eigenvalue weighted by atomic mass is 16.5. The second kappa shape index (κ2) is 5.58. The molecule has 2 N–H and O–H groups in total. The molecule has 0 saturated heterocycles. The van der Waals surface area contributed by atoms with Gasteiger partial charge in [0.15, 0.2) is 0 Å². The van der Waals surface area contributed by atoms with Gasteiger partial charge in [-0.05, 0) is 20.3 Å². The Morgan fingerprint density at radius 2 is 1.92 bits per heavy atom. The Labute approximate surface area is 81.5 Å². The molecule has 0 aromatic heterocycles. The Hall–Kier alpha value is -0.120. The molecule has 3 heteroatoms. The zero-order chi connectivity index (χ0) is 10.5. The van der Waals surface area contributed by atoms with Crippen LogP contribution in [0.2, 0.25) is 0 Å². The average molecular weight is 189 g/mol. The van der Waals surface area contributed by atoms with Crippen molar-refractivity contribution < 1.29 is 9.84 Å². The van der Waals surface area contributed by atoms with E-state index in [0.717, 1.165) is 6.42 Å². The van der Waals surface area contributed by atoms with E-state index in [1.165, 1.54) is 0 Å². The summed E-state index contributed by atoms with van der Waals surface area (Å²) >= 11 is 0. The first-order valence-electron chi connectivity index (χ1n) is 4.83. The summed E-state index contributed by atoms with van der Waals surface area (Å²) in [5.41, 5.74) is -0.171. The van der Waals surface area contributed by atoms with Crippen LogP contribution in [0.1, 0.15) is 34.1 Å². The van der Waals surface area contributed by atoms with Crippen LogP contribution in [0.5, 0.6) is 0 Å². The maximum Gasteiger partial charge on any atom is 0.0638 e. The van der Waals surface area contributed by atoms with Gasteiger partial charge < -0.3 is 15.2 Å². The normalized spacial score (nSPS) is 15.0. The van der Waals surface area contributed by atoms with Gasteiger partial charge in [0, 0.05) is 19.2 Å². The molecule has 0 radical (unpaired) electrons. The number of nitrogens with one attached hydrogen (secondary N) is 1. The molecule has 13 heavy (non-hydrogen) atoms. The van der Waals surface area contributed by atoms with Crippen molar-refractivity contribution in [1.82, 2.24) is 5.32 Å². The Bertz CT molecular complexity index is 135.